The summed E-state index contributed by atoms with van der Waals surface area (Å²) >= 11 is 0. The van der Waals surface area contributed by atoms with Crippen molar-refractivity contribution in [3.63, 3.8) is 0 Å². The summed E-state index contributed by atoms with van der Waals surface area (Å²) in [4.78, 5) is 0. The molecule has 0 spiro atoms. The van der Waals surface area contributed by atoms with Gasteiger partial charge in [0.2, 0.25) is 0 Å². The van der Waals surface area contributed by atoms with E-state index < -0.39 is 0 Å². The van der Waals surface area contributed by atoms with Crippen LogP contribution in [0.3, 0.4) is 0 Å². The fourth-order valence-electron chi connectivity index (χ4n) is 4.29. The zero-order valence-electron chi connectivity index (χ0n) is 16.3. The number of rotatable bonds is 5. The summed E-state index contributed by atoms with van der Waals surface area (Å²) < 4.78 is 12.6. The Morgan fingerprint density at radius 3 is 2.28 bits per heavy atom. The third-order valence-electron chi connectivity index (χ3n) is 6.19. The standard InChI is InChI=1S/C23H36O2/c1-18-12-14-23(16-19(18)2)25-22-11-7-8-20(13-15-22)17-24-21-9-5-3-4-6-10-21/h12,14,16,20-22H,3-11,13,15,17H2,1-2H3. The van der Waals surface area contributed by atoms with Crippen LogP contribution in [0.2, 0.25) is 0 Å². The fourth-order valence-corrected chi connectivity index (χ4v) is 4.29. The molecular weight excluding hydrogens is 308 g/mol. The molecular formula is C23H36O2. The highest BCUT2D eigenvalue weighted by Gasteiger charge is 2.22. The van der Waals surface area contributed by atoms with Gasteiger partial charge in [-0.25, -0.2) is 0 Å². The molecule has 3 rings (SSSR count). The first kappa shape index (κ1) is 18.8. The van der Waals surface area contributed by atoms with Crippen LogP contribution in [0, 0.1) is 19.8 Å². The summed E-state index contributed by atoms with van der Waals surface area (Å²) in [5.74, 6) is 1.78. The van der Waals surface area contributed by atoms with Crippen LogP contribution in [0.25, 0.3) is 0 Å². The fraction of sp³-hybridized carbons (Fsp3) is 0.739. The van der Waals surface area contributed by atoms with Gasteiger partial charge in [-0.2, -0.15) is 0 Å². The molecule has 0 amide bonds. The van der Waals surface area contributed by atoms with Crippen LogP contribution in [0.15, 0.2) is 18.2 Å². The summed E-state index contributed by atoms with van der Waals surface area (Å²) in [6, 6.07) is 6.48. The molecule has 0 aliphatic heterocycles. The average molecular weight is 345 g/mol. The Bertz CT molecular complexity index is 517. The van der Waals surface area contributed by atoms with Gasteiger partial charge in [0.15, 0.2) is 0 Å². The lowest BCUT2D eigenvalue weighted by atomic mass is 10.0. The molecule has 2 atom stereocenters. The van der Waals surface area contributed by atoms with E-state index >= 15 is 0 Å². The summed E-state index contributed by atoms with van der Waals surface area (Å²) in [6.07, 6.45) is 15.2. The van der Waals surface area contributed by atoms with Crippen molar-refractivity contribution < 1.29 is 9.47 Å². The molecule has 2 aliphatic carbocycles. The minimum atomic E-state index is 0.380. The molecule has 2 saturated carbocycles. The molecule has 0 bridgehead atoms. The number of hydrogen-bond donors (Lipinski definition) is 0. The molecule has 25 heavy (non-hydrogen) atoms. The quantitative estimate of drug-likeness (QED) is 0.578. The van der Waals surface area contributed by atoms with E-state index in [1.165, 1.54) is 81.8 Å². The Morgan fingerprint density at radius 2 is 1.52 bits per heavy atom. The third kappa shape index (κ3) is 6.02. The molecule has 2 aliphatic rings. The lowest BCUT2D eigenvalue weighted by molar-refractivity contribution is 0.0168. The molecule has 0 saturated heterocycles. The Hall–Kier alpha value is -1.02. The number of aryl methyl sites for hydroxylation is 2. The topological polar surface area (TPSA) is 18.5 Å². The smallest absolute Gasteiger partial charge is 0.119 e. The van der Waals surface area contributed by atoms with Gasteiger partial charge in [0.05, 0.1) is 12.2 Å². The maximum atomic E-state index is 6.30. The molecule has 2 unspecified atom stereocenters. The lowest BCUT2D eigenvalue weighted by Crippen LogP contribution is -2.19. The van der Waals surface area contributed by atoms with Crippen molar-refractivity contribution in [2.75, 3.05) is 6.61 Å². The SMILES string of the molecule is Cc1ccc(OC2CCCC(COC3CCCCCC3)CC2)cc1C. The highest BCUT2D eigenvalue weighted by molar-refractivity contribution is 5.33. The average Bonchev–Trinajstić information content (AvgIpc) is 2.99. The minimum Gasteiger partial charge on any atom is -0.490 e. The highest BCUT2D eigenvalue weighted by Crippen LogP contribution is 2.29. The Labute approximate surface area is 154 Å². The monoisotopic (exact) mass is 344 g/mol. The second kappa shape index (κ2) is 9.62. The van der Waals surface area contributed by atoms with Gasteiger partial charge in [-0.1, -0.05) is 31.7 Å². The number of benzene rings is 1. The van der Waals surface area contributed by atoms with Crippen LogP contribution in [0.1, 0.15) is 81.8 Å². The van der Waals surface area contributed by atoms with Crippen molar-refractivity contribution in [1.29, 1.82) is 0 Å². The minimum absolute atomic E-state index is 0.380. The van der Waals surface area contributed by atoms with Crippen LogP contribution in [0.4, 0.5) is 0 Å². The summed E-state index contributed by atoms with van der Waals surface area (Å²) in [6.45, 7) is 5.29. The first-order chi connectivity index (χ1) is 12.2. The maximum Gasteiger partial charge on any atom is 0.119 e. The van der Waals surface area contributed by atoms with E-state index in [0.29, 0.717) is 12.2 Å². The normalized spacial score (nSPS) is 26.0. The van der Waals surface area contributed by atoms with Gasteiger partial charge in [-0.05, 0) is 88.0 Å². The first-order valence-electron chi connectivity index (χ1n) is 10.6. The molecule has 2 fully saturated rings. The molecule has 0 heterocycles. The number of hydrogen-bond acceptors (Lipinski definition) is 2. The molecule has 2 nitrogen and oxygen atoms in total. The maximum absolute atomic E-state index is 6.30. The molecule has 1 aromatic carbocycles. The first-order valence-corrected chi connectivity index (χ1v) is 10.6. The molecule has 0 radical (unpaired) electrons. The van der Waals surface area contributed by atoms with Gasteiger partial charge < -0.3 is 9.47 Å². The van der Waals surface area contributed by atoms with Crippen molar-refractivity contribution >= 4 is 0 Å². The van der Waals surface area contributed by atoms with Crippen molar-refractivity contribution in [3.8, 4) is 5.75 Å². The van der Waals surface area contributed by atoms with Crippen LogP contribution >= 0.6 is 0 Å². The molecule has 1 aromatic rings. The predicted molar refractivity (Wildman–Crippen MR) is 104 cm³/mol. The van der Waals surface area contributed by atoms with Gasteiger partial charge in [0.25, 0.3) is 0 Å². The molecule has 140 valence electrons. The van der Waals surface area contributed by atoms with Crippen LogP contribution in [-0.4, -0.2) is 18.8 Å². The third-order valence-corrected chi connectivity index (χ3v) is 6.19. The van der Waals surface area contributed by atoms with Gasteiger partial charge in [0.1, 0.15) is 5.75 Å². The summed E-state index contributed by atoms with van der Waals surface area (Å²) in [5.41, 5.74) is 2.66. The van der Waals surface area contributed by atoms with E-state index in [0.717, 1.165) is 18.3 Å². The Morgan fingerprint density at radius 1 is 0.760 bits per heavy atom. The van der Waals surface area contributed by atoms with Crippen LogP contribution in [0.5, 0.6) is 5.75 Å². The van der Waals surface area contributed by atoms with E-state index in [4.69, 9.17) is 9.47 Å². The summed E-state index contributed by atoms with van der Waals surface area (Å²) in [5, 5.41) is 0. The van der Waals surface area contributed by atoms with Crippen molar-refractivity contribution in [2.45, 2.75) is 96.7 Å². The second-order valence-corrected chi connectivity index (χ2v) is 8.31. The van der Waals surface area contributed by atoms with E-state index in [1.54, 1.807) is 0 Å². The summed E-state index contributed by atoms with van der Waals surface area (Å²) in [7, 11) is 0. The van der Waals surface area contributed by atoms with Crippen LogP contribution in [-0.2, 0) is 4.74 Å². The van der Waals surface area contributed by atoms with Gasteiger partial charge >= 0.3 is 0 Å². The van der Waals surface area contributed by atoms with Gasteiger partial charge in [-0.3, -0.25) is 0 Å². The van der Waals surface area contributed by atoms with E-state index in [9.17, 15) is 0 Å². The van der Waals surface area contributed by atoms with Crippen molar-refractivity contribution in [2.24, 2.45) is 5.92 Å². The lowest BCUT2D eigenvalue weighted by Gasteiger charge is -2.21. The number of ether oxygens (including phenoxy) is 2. The van der Waals surface area contributed by atoms with E-state index in [-0.39, 0.29) is 0 Å². The van der Waals surface area contributed by atoms with Gasteiger partial charge in [-0.15, -0.1) is 0 Å². The second-order valence-electron chi connectivity index (χ2n) is 8.31. The Kier molecular flexibility index (Phi) is 7.22. The van der Waals surface area contributed by atoms with E-state index in [1.807, 2.05) is 0 Å². The van der Waals surface area contributed by atoms with E-state index in [2.05, 4.69) is 32.0 Å². The molecule has 0 aromatic heterocycles. The van der Waals surface area contributed by atoms with Crippen LogP contribution < -0.4 is 4.74 Å². The molecule has 2 heteroatoms. The van der Waals surface area contributed by atoms with Gasteiger partial charge in [0, 0.05) is 6.61 Å². The predicted octanol–water partition coefficient (Wildman–Crippen LogP) is 6.37. The zero-order chi connectivity index (χ0) is 17.5. The Balaban J connectivity index is 1.42. The highest BCUT2D eigenvalue weighted by atomic mass is 16.5. The van der Waals surface area contributed by atoms with Crippen molar-refractivity contribution in [3.05, 3.63) is 29.3 Å². The van der Waals surface area contributed by atoms with Crippen molar-refractivity contribution in [1.82, 2.24) is 0 Å². The zero-order valence-corrected chi connectivity index (χ0v) is 16.3. The molecule has 0 N–H and O–H groups in total. The largest absolute Gasteiger partial charge is 0.490 e.